The van der Waals surface area contributed by atoms with Crippen LogP contribution in [0.1, 0.15) is 25.8 Å². The molecule has 0 fully saturated rings. The maximum atomic E-state index is 11.6. The van der Waals surface area contributed by atoms with Crippen molar-refractivity contribution in [3.63, 3.8) is 0 Å². The Labute approximate surface area is 115 Å². The molecule has 0 spiro atoms. The van der Waals surface area contributed by atoms with Crippen molar-refractivity contribution in [3.8, 4) is 5.75 Å². The zero-order valence-corrected chi connectivity index (χ0v) is 12.2. The highest BCUT2D eigenvalue weighted by atomic mass is 16.5. The van der Waals surface area contributed by atoms with Gasteiger partial charge in [0.15, 0.2) is 0 Å². The van der Waals surface area contributed by atoms with Crippen LogP contribution in [0.4, 0.5) is 0 Å². The fourth-order valence-corrected chi connectivity index (χ4v) is 2.27. The Morgan fingerprint density at radius 3 is 2.58 bits per heavy atom. The number of ether oxygens (including phenoxy) is 2. The highest BCUT2D eigenvalue weighted by Crippen LogP contribution is 2.25. The van der Waals surface area contributed by atoms with Crippen LogP contribution in [0.2, 0.25) is 0 Å². The number of likely N-dealkylation sites (N-methyl/N-ethyl adjacent to an activating group) is 1. The second-order valence-corrected chi connectivity index (χ2v) is 4.83. The quantitative estimate of drug-likeness (QED) is 0.768. The summed E-state index contributed by atoms with van der Waals surface area (Å²) >= 11 is 0. The lowest BCUT2D eigenvalue weighted by atomic mass is 9.89. The molecule has 1 aromatic rings. The van der Waals surface area contributed by atoms with Crippen molar-refractivity contribution in [1.82, 2.24) is 5.32 Å². The fraction of sp³-hybridized carbons (Fsp3) is 0.533. The fourth-order valence-electron chi connectivity index (χ4n) is 2.27. The van der Waals surface area contributed by atoms with E-state index in [0.717, 1.165) is 17.9 Å². The lowest BCUT2D eigenvalue weighted by Gasteiger charge is -2.30. The minimum Gasteiger partial charge on any atom is -0.496 e. The van der Waals surface area contributed by atoms with E-state index < -0.39 is 0 Å². The van der Waals surface area contributed by atoms with Gasteiger partial charge in [-0.05, 0) is 31.5 Å². The first-order valence-corrected chi connectivity index (χ1v) is 6.48. The number of benzene rings is 1. The van der Waals surface area contributed by atoms with Crippen LogP contribution in [0, 0.1) is 0 Å². The van der Waals surface area contributed by atoms with Crippen LogP contribution in [-0.2, 0) is 16.0 Å². The second-order valence-electron chi connectivity index (χ2n) is 4.83. The van der Waals surface area contributed by atoms with Gasteiger partial charge in [0.1, 0.15) is 5.75 Å². The smallest absolute Gasteiger partial charge is 0.307 e. The minimum absolute atomic E-state index is 0.210. The van der Waals surface area contributed by atoms with Gasteiger partial charge in [0.05, 0.1) is 20.6 Å². The molecule has 0 aliphatic heterocycles. The predicted octanol–water partition coefficient (Wildman–Crippen LogP) is 2.17. The Hall–Kier alpha value is -1.55. The number of methoxy groups -OCH3 is 2. The molecule has 4 nitrogen and oxygen atoms in total. The van der Waals surface area contributed by atoms with Crippen LogP contribution < -0.4 is 10.1 Å². The van der Waals surface area contributed by atoms with E-state index in [1.54, 1.807) is 7.11 Å². The molecule has 1 rings (SSSR count). The van der Waals surface area contributed by atoms with Gasteiger partial charge in [-0.25, -0.2) is 0 Å². The Kier molecular flexibility index (Phi) is 5.83. The molecule has 19 heavy (non-hydrogen) atoms. The molecule has 0 aromatic heterocycles. The topological polar surface area (TPSA) is 47.6 Å². The number of hydrogen-bond donors (Lipinski definition) is 1. The number of rotatable bonds is 7. The molecular weight excluding hydrogens is 242 g/mol. The molecule has 0 radical (unpaired) electrons. The standard InChI is InChI=1S/C15H23NO3/c1-5-16-15(2,11-14(17)19-4)10-12-8-6-7-9-13(12)18-3/h6-9,16H,5,10-11H2,1-4H3. The van der Waals surface area contributed by atoms with Gasteiger partial charge in [-0.1, -0.05) is 25.1 Å². The van der Waals surface area contributed by atoms with Gasteiger partial charge < -0.3 is 14.8 Å². The Morgan fingerprint density at radius 1 is 1.32 bits per heavy atom. The number of hydrogen-bond acceptors (Lipinski definition) is 4. The molecular formula is C15H23NO3. The number of nitrogens with one attached hydrogen (secondary N) is 1. The van der Waals surface area contributed by atoms with Crippen LogP contribution >= 0.6 is 0 Å². The van der Waals surface area contributed by atoms with E-state index in [1.165, 1.54) is 7.11 Å². The lowest BCUT2D eigenvalue weighted by Crippen LogP contribution is -2.46. The monoisotopic (exact) mass is 265 g/mol. The summed E-state index contributed by atoms with van der Waals surface area (Å²) in [5, 5.41) is 3.37. The van der Waals surface area contributed by atoms with E-state index in [4.69, 9.17) is 9.47 Å². The minimum atomic E-state index is -0.337. The maximum Gasteiger partial charge on any atom is 0.307 e. The van der Waals surface area contributed by atoms with Crippen molar-refractivity contribution in [3.05, 3.63) is 29.8 Å². The first-order valence-electron chi connectivity index (χ1n) is 6.48. The Balaban J connectivity index is 2.90. The molecule has 1 unspecified atom stereocenters. The summed E-state index contributed by atoms with van der Waals surface area (Å²) in [7, 11) is 3.07. The largest absolute Gasteiger partial charge is 0.496 e. The number of carbonyl (C=O) groups is 1. The van der Waals surface area contributed by atoms with Gasteiger partial charge in [0.2, 0.25) is 0 Å². The highest BCUT2D eigenvalue weighted by molar-refractivity contribution is 5.70. The van der Waals surface area contributed by atoms with Crippen LogP contribution in [-0.4, -0.2) is 32.3 Å². The van der Waals surface area contributed by atoms with Gasteiger partial charge in [-0.2, -0.15) is 0 Å². The molecule has 0 heterocycles. The normalized spacial score (nSPS) is 13.7. The molecule has 0 amide bonds. The first kappa shape index (κ1) is 15.5. The van der Waals surface area contributed by atoms with Crippen molar-refractivity contribution in [2.24, 2.45) is 0 Å². The summed E-state index contributed by atoms with van der Waals surface area (Å²) in [6, 6.07) is 7.86. The molecule has 1 atom stereocenters. The van der Waals surface area contributed by atoms with Gasteiger partial charge in [-0.3, -0.25) is 4.79 Å². The Morgan fingerprint density at radius 2 is 2.00 bits per heavy atom. The van der Waals surface area contributed by atoms with Gasteiger partial charge in [0, 0.05) is 5.54 Å². The average Bonchev–Trinajstić information content (AvgIpc) is 2.39. The summed E-state index contributed by atoms with van der Waals surface area (Å²) in [6.45, 7) is 4.85. The zero-order chi connectivity index (χ0) is 14.3. The molecule has 1 aromatic carbocycles. The van der Waals surface area contributed by atoms with Gasteiger partial charge in [0.25, 0.3) is 0 Å². The lowest BCUT2D eigenvalue weighted by molar-refractivity contribution is -0.142. The zero-order valence-electron chi connectivity index (χ0n) is 12.2. The maximum absolute atomic E-state index is 11.6. The van der Waals surface area contributed by atoms with Crippen molar-refractivity contribution < 1.29 is 14.3 Å². The van der Waals surface area contributed by atoms with E-state index in [1.807, 2.05) is 38.1 Å². The van der Waals surface area contributed by atoms with Gasteiger partial charge in [-0.15, -0.1) is 0 Å². The SMILES string of the molecule is CCNC(C)(CC(=O)OC)Cc1ccccc1OC. The molecule has 1 N–H and O–H groups in total. The van der Waals surface area contributed by atoms with Crippen LogP contribution in [0.3, 0.4) is 0 Å². The number of para-hydroxylation sites is 1. The third-order valence-corrected chi connectivity index (χ3v) is 3.14. The van der Waals surface area contributed by atoms with Crippen LogP contribution in [0.25, 0.3) is 0 Å². The average molecular weight is 265 g/mol. The first-order chi connectivity index (χ1) is 9.04. The van der Waals surface area contributed by atoms with E-state index in [-0.39, 0.29) is 11.5 Å². The van der Waals surface area contributed by atoms with E-state index in [0.29, 0.717) is 12.8 Å². The summed E-state index contributed by atoms with van der Waals surface area (Å²) in [5.74, 6) is 0.634. The number of esters is 1. The molecule has 106 valence electrons. The second kappa shape index (κ2) is 7.14. The van der Waals surface area contributed by atoms with Crippen molar-refractivity contribution in [2.75, 3.05) is 20.8 Å². The predicted molar refractivity (Wildman–Crippen MR) is 75.4 cm³/mol. The third kappa shape index (κ3) is 4.56. The van der Waals surface area contributed by atoms with Crippen LogP contribution in [0.5, 0.6) is 5.75 Å². The van der Waals surface area contributed by atoms with Gasteiger partial charge >= 0.3 is 5.97 Å². The summed E-state index contributed by atoms with van der Waals surface area (Å²) < 4.78 is 10.1. The highest BCUT2D eigenvalue weighted by Gasteiger charge is 2.28. The summed E-state index contributed by atoms with van der Waals surface area (Å²) in [5.41, 5.74) is 0.744. The van der Waals surface area contributed by atoms with Crippen molar-refractivity contribution >= 4 is 5.97 Å². The van der Waals surface area contributed by atoms with E-state index in [2.05, 4.69) is 5.32 Å². The summed E-state index contributed by atoms with van der Waals surface area (Å²) in [4.78, 5) is 11.6. The number of carbonyl (C=O) groups excluding carboxylic acids is 1. The Bertz CT molecular complexity index is 420. The van der Waals surface area contributed by atoms with E-state index >= 15 is 0 Å². The van der Waals surface area contributed by atoms with Crippen molar-refractivity contribution in [2.45, 2.75) is 32.2 Å². The van der Waals surface area contributed by atoms with Crippen molar-refractivity contribution in [1.29, 1.82) is 0 Å². The van der Waals surface area contributed by atoms with E-state index in [9.17, 15) is 4.79 Å². The molecule has 4 heteroatoms. The summed E-state index contributed by atoms with van der Waals surface area (Å²) in [6.07, 6.45) is 1.04. The molecule has 0 aliphatic carbocycles. The molecule has 0 bridgehead atoms. The molecule has 0 saturated carbocycles. The molecule has 0 aliphatic rings. The third-order valence-electron chi connectivity index (χ3n) is 3.14. The molecule has 0 saturated heterocycles. The van der Waals surface area contributed by atoms with Crippen LogP contribution in [0.15, 0.2) is 24.3 Å².